The molecule has 1 amide bonds. The van der Waals surface area contributed by atoms with E-state index in [1.807, 2.05) is 36.4 Å². The van der Waals surface area contributed by atoms with Crippen LogP contribution in [-0.2, 0) is 14.8 Å². The minimum atomic E-state index is -4.47. The zero-order chi connectivity index (χ0) is 42.6. The molecular weight excluding hydrogens is 814 g/mol. The summed E-state index contributed by atoms with van der Waals surface area (Å²) in [6.07, 6.45) is 8.60. The van der Waals surface area contributed by atoms with Crippen molar-refractivity contribution in [2.45, 2.75) is 57.3 Å². The fraction of sp³-hybridized carbons (Fsp3) is 0.391. The standard InChI is InChI=1S/C46H50ClN7O6S/c1-46(2)16-12-33(39(26-46)32-6-8-35(47)9-7-32)30-53-17-19-54(20-18-53)36-10-11-38(43(25-36)60-42-5-3-4-41-40(42)29-50-51-41)44(55)52-61(56,57)37-24-34(27-48)45(49-28-37)59-23-15-31-13-21-58-22-14-31/h3-11,24-25,28-29,31H,12-23,26,30H2,1-2H3,(H,50,51)(H,52,55). The van der Waals surface area contributed by atoms with E-state index in [2.05, 4.69) is 55.7 Å². The third-order valence-electron chi connectivity index (χ3n) is 12.0. The summed E-state index contributed by atoms with van der Waals surface area (Å²) < 4.78 is 47.1. The first-order chi connectivity index (χ1) is 29.4. The number of piperazine rings is 1. The number of carbonyl (C=O) groups excluding carboxylic acids is 1. The van der Waals surface area contributed by atoms with E-state index >= 15 is 0 Å². The lowest BCUT2D eigenvalue weighted by atomic mass is 9.72. The Morgan fingerprint density at radius 3 is 2.59 bits per heavy atom. The van der Waals surface area contributed by atoms with Crippen molar-refractivity contribution in [3.63, 3.8) is 0 Å². The van der Waals surface area contributed by atoms with E-state index in [1.54, 1.807) is 24.4 Å². The van der Waals surface area contributed by atoms with Crippen LogP contribution in [0.2, 0.25) is 5.02 Å². The first-order valence-electron chi connectivity index (χ1n) is 20.8. The van der Waals surface area contributed by atoms with Crippen molar-refractivity contribution >= 4 is 49.7 Å². The van der Waals surface area contributed by atoms with E-state index in [0.717, 1.165) is 99.7 Å². The highest BCUT2D eigenvalue weighted by Crippen LogP contribution is 2.43. The molecule has 0 bridgehead atoms. The second kappa shape index (κ2) is 18.3. The number of nitriles is 1. The first kappa shape index (κ1) is 42.2. The maximum absolute atomic E-state index is 13.9. The lowest BCUT2D eigenvalue weighted by Gasteiger charge is -2.39. The van der Waals surface area contributed by atoms with Crippen LogP contribution in [0.1, 0.15) is 73.9 Å². The van der Waals surface area contributed by atoms with Crippen molar-refractivity contribution in [1.29, 1.82) is 5.26 Å². The Kier molecular flexibility index (Phi) is 12.6. The van der Waals surface area contributed by atoms with Gasteiger partial charge in [-0.15, -0.1) is 0 Å². The quantitative estimate of drug-likeness (QED) is 0.117. The van der Waals surface area contributed by atoms with Crippen LogP contribution in [0.25, 0.3) is 16.5 Å². The van der Waals surface area contributed by atoms with Crippen molar-refractivity contribution in [2.24, 2.45) is 11.3 Å². The predicted molar refractivity (Wildman–Crippen MR) is 235 cm³/mol. The number of allylic oxidation sites excluding steroid dienone is 1. The molecule has 0 spiro atoms. The molecule has 2 N–H and O–H groups in total. The second-order valence-corrected chi connectivity index (χ2v) is 18.9. The van der Waals surface area contributed by atoms with Crippen LogP contribution in [0, 0.1) is 22.7 Å². The summed E-state index contributed by atoms with van der Waals surface area (Å²) in [7, 11) is -4.47. The lowest BCUT2D eigenvalue weighted by Crippen LogP contribution is -2.47. The maximum atomic E-state index is 13.9. The number of aromatic nitrogens is 3. The molecule has 1 aliphatic carbocycles. The third-order valence-corrected chi connectivity index (χ3v) is 13.5. The number of benzene rings is 3. The number of nitrogens with zero attached hydrogens (tertiary/aromatic N) is 5. The zero-order valence-electron chi connectivity index (χ0n) is 34.5. The molecule has 318 valence electrons. The van der Waals surface area contributed by atoms with Crippen molar-refractivity contribution in [2.75, 3.05) is 57.4 Å². The van der Waals surface area contributed by atoms with Crippen molar-refractivity contribution in [3.05, 3.63) is 106 Å². The van der Waals surface area contributed by atoms with Gasteiger partial charge in [-0.2, -0.15) is 10.4 Å². The van der Waals surface area contributed by atoms with E-state index in [0.29, 0.717) is 36.9 Å². The van der Waals surface area contributed by atoms with Gasteiger partial charge in [0.2, 0.25) is 5.88 Å². The number of nitrogens with one attached hydrogen (secondary N) is 2. The van der Waals surface area contributed by atoms with Crippen molar-refractivity contribution in [1.82, 2.24) is 24.8 Å². The number of H-pyrrole nitrogens is 1. The summed E-state index contributed by atoms with van der Waals surface area (Å²) in [6, 6.07) is 22.0. The van der Waals surface area contributed by atoms with E-state index in [4.69, 9.17) is 25.8 Å². The van der Waals surface area contributed by atoms with Gasteiger partial charge in [0.15, 0.2) is 0 Å². The minimum Gasteiger partial charge on any atom is -0.477 e. The van der Waals surface area contributed by atoms with E-state index < -0.39 is 15.9 Å². The molecule has 0 radical (unpaired) electrons. The average molecular weight is 864 g/mol. The topological polar surface area (TPSA) is 163 Å². The van der Waals surface area contributed by atoms with Gasteiger partial charge in [0.1, 0.15) is 28.0 Å². The summed E-state index contributed by atoms with van der Waals surface area (Å²) in [5.41, 5.74) is 5.91. The Morgan fingerprint density at radius 1 is 1.03 bits per heavy atom. The van der Waals surface area contributed by atoms with Crippen LogP contribution in [0.15, 0.2) is 89.6 Å². The first-order valence-corrected chi connectivity index (χ1v) is 22.7. The molecule has 2 fully saturated rings. The SMILES string of the molecule is CC1(C)CCC(CN2CCN(c3ccc(C(=O)NS(=O)(=O)c4cnc(OCCC5CCOCC5)c(C#N)c4)c(Oc4cccc5[nH]ncc45)c3)CC2)=C(c2ccc(Cl)cc2)C1. The summed E-state index contributed by atoms with van der Waals surface area (Å²) in [5.74, 6) is 0.209. The Balaban J connectivity index is 0.990. The number of anilines is 1. The fourth-order valence-corrected chi connectivity index (χ4v) is 9.46. The van der Waals surface area contributed by atoms with Crippen LogP contribution in [-0.4, -0.2) is 87.0 Å². The van der Waals surface area contributed by atoms with Crippen LogP contribution in [0.3, 0.4) is 0 Å². The number of aromatic amines is 1. The molecule has 2 aliphatic heterocycles. The van der Waals surface area contributed by atoms with Gasteiger partial charge in [0.05, 0.1) is 35.5 Å². The molecule has 15 heteroatoms. The van der Waals surface area contributed by atoms with Gasteiger partial charge in [-0.3, -0.25) is 14.8 Å². The normalized spacial score (nSPS) is 17.6. The largest absolute Gasteiger partial charge is 0.477 e. The molecule has 4 heterocycles. The van der Waals surface area contributed by atoms with E-state index in [9.17, 15) is 18.5 Å². The number of pyridine rings is 1. The molecule has 0 atom stereocenters. The number of sulfonamides is 1. The van der Waals surface area contributed by atoms with Gasteiger partial charge in [0, 0.05) is 62.7 Å². The lowest BCUT2D eigenvalue weighted by molar-refractivity contribution is 0.0591. The molecule has 3 aromatic carbocycles. The van der Waals surface area contributed by atoms with Gasteiger partial charge < -0.3 is 19.1 Å². The number of amides is 1. The number of ether oxygens (including phenoxy) is 3. The number of hydrogen-bond donors (Lipinski definition) is 2. The number of rotatable bonds is 13. The monoisotopic (exact) mass is 863 g/mol. The molecule has 2 saturated heterocycles. The third kappa shape index (κ3) is 10.0. The van der Waals surface area contributed by atoms with Gasteiger partial charge in [-0.25, -0.2) is 18.1 Å². The number of hydrogen-bond acceptors (Lipinski definition) is 11. The minimum absolute atomic E-state index is 0.00915. The highest BCUT2D eigenvalue weighted by atomic mass is 35.5. The Hall–Kier alpha value is -5.46. The number of halogens is 1. The summed E-state index contributed by atoms with van der Waals surface area (Å²) in [6.45, 7) is 10.5. The van der Waals surface area contributed by atoms with Crippen molar-refractivity contribution < 1.29 is 27.4 Å². The van der Waals surface area contributed by atoms with Gasteiger partial charge >= 0.3 is 0 Å². The van der Waals surface area contributed by atoms with Crippen LogP contribution >= 0.6 is 11.6 Å². The molecule has 61 heavy (non-hydrogen) atoms. The Morgan fingerprint density at radius 2 is 1.82 bits per heavy atom. The zero-order valence-corrected chi connectivity index (χ0v) is 36.0. The van der Waals surface area contributed by atoms with Gasteiger partial charge in [0.25, 0.3) is 15.9 Å². The highest BCUT2D eigenvalue weighted by Gasteiger charge is 2.30. The Labute approximate surface area is 361 Å². The smallest absolute Gasteiger partial charge is 0.268 e. The average Bonchev–Trinajstić information content (AvgIpc) is 3.75. The fourth-order valence-electron chi connectivity index (χ4n) is 8.39. The highest BCUT2D eigenvalue weighted by molar-refractivity contribution is 7.90. The van der Waals surface area contributed by atoms with E-state index in [1.165, 1.54) is 16.7 Å². The summed E-state index contributed by atoms with van der Waals surface area (Å²) in [5, 5.41) is 18.4. The second-order valence-electron chi connectivity index (χ2n) is 16.8. The molecule has 3 aliphatic rings. The van der Waals surface area contributed by atoms with Gasteiger partial charge in [-0.05, 0) is 103 Å². The van der Waals surface area contributed by atoms with Crippen LogP contribution in [0.4, 0.5) is 5.69 Å². The Bertz CT molecular complexity index is 2570. The predicted octanol–water partition coefficient (Wildman–Crippen LogP) is 8.38. The van der Waals surface area contributed by atoms with Crippen LogP contribution < -0.4 is 19.1 Å². The molecule has 0 saturated carbocycles. The maximum Gasteiger partial charge on any atom is 0.268 e. The molecular formula is C46H50ClN7O6S. The number of fused-ring (bicyclic) bond motifs is 1. The molecule has 13 nitrogen and oxygen atoms in total. The summed E-state index contributed by atoms with van der Waals surface area (Å²) in [4.78, 5) is 22.5. The van der Waals surface area contributed by atoms with Gasteiger partial charge in [-0.1, -0.05) is 49.2 Å². The van der Waals surface area contributed by atoms with Crippen molar-refractivity contribution in [3.8, 4) is 23.4 Å². The van der Waals surface area contributed by atoms with Crippen LogP contribution in [0.5, 0.6) is 17.4 Å². The molecule has 0 unspecified atom stereocenters. The summed E-state index contributed by atoms with van der Waals surface area (Å²) >= 11 is 6.24. The molecule has 2 aromatic heterocycles. The molecule has 8 rings (SSSR count). The van der Waals surface area contributed by atoms with E-state index in [-0.39, 0.29) is 33.1 Å². The molecule has 5 aromatic rings. The number of carbonyl (C=O) groups is 1.